The topological polar surface area (TPSA) is 155 Å². The van der Waals surface area contributed by atoms with Crippen LogP contribution in [0, 0.1) is 0 Å². The molecule has 0 bridgehead atoms. The Bertz CT molecular complexity index is 1560. The van der Waals surface area contributed by atoms with E-state index in [1.807, 2.05) is 18.2 Å². The van der Waals surface area contributed by atoms with Crippen molar-refractivity contribution in [3.05, 3.63) is 85.1 Å². The van der Waals surface area contributed by atoms with Gasteiger partial charge in [0, 0.05) is 12.8 Å². The van der Waals surface area contributed by atoms with Gasteiger partial charge in [0.15, 0.2) is 6.10 Å². The van der Waals surface area contributed by atoms with Crippen LogP contribution < -0.4 is 0 Å². The van der Waals surface area contributed by atoms with Crippen LogP contribution >= 0.6 is 7.82 Å². The first-order valence-electron chi connectivity index (χ1n) is 29.5. The average molecular weight is 1060 g/mol. The number of aliphatic hydroxyl groups is 1. The Morgan fingerprint density at radius 1 is 0.405 bits per heavy atom. The Kier molecular flexibility index (Phi) is 53.4. The predicted molar refractivity (Wildman–Crippen MR) is 307 cm³/mol. The third-order valence-electron chi connectivity index (χ3n) is 12.3. The zero-order chi connectivity index (χ0) is 54.1. The van der Waals surface area contributed by atoms with Crippen LogP contribution in [0.4, 0.5) is 0 Å². The summed E-state index contributed by atoms with van der Waals surface area (Å²) < 4.78 is 39.4. The second kappa shape index (κ2) is 55.9. The van der Waals surface area contributed by atoms with Crippen LogP contribution in [0.1, 0.15) is 252 Å². The van der Waals surface area contributed by atoms with Crippen molar-refractivity contribution in [1.29, 1.82) is 0 Å². The Balaban J connectivity index is 4.81. The molecule has 3 unspecified atom stereocenters. The fraction of sp³-hybridized carbons (Fsp3) is 0.726. The van der Waals surface area contributed by atoms with Crippen molar-refractivity contribution in [2.45, 2.75) is 264 Å². The number of hydrogen-bond donors (Lipinski definition) is 2. The standard InChI is InChI=1S/C62H107O11P/c1-4-7-10-13-16-19-22-25-28-29-32-35-38-41-44-47-50-53-62(66)73-59(55-69-60(64)51-48-45-42-39-36-33-30-26-23-20-17-14-11-8-5-2)57-71-74(67,68)70-56-58(54-63)72-61(65)52-49-46-43-40-37-34-31-27-24-21-18-15-12-9-6-3/h9,12,17-18,20-21,26-27,30-31,37,40,46,49,58-59,63H,4-8,10-11,13-16,19,22-25,28-29,32-36,38-39,41-45,47-48,50-57H2,1-3H3,(H,67,68)/b12-9-,20-17-,21-18-,30-26-,31-27-,40-37-,49-46-. The maximum Gasteiger partial charge on any atom is 0.472 e. The molecule has 0 aromatic heterocycles. The summed E-state index contributed by atoms with van der Waals surface area (Å²) in [5, 5.41) is 9.79. The highest BCUT2D eigenvalue weighted by Crippen LogP contribution is 2.43. The summed E-state index contributed by atoms with van der Waals surface area (Å²) in [6.07, 6.45) is 64.2. The van der Waals surface area contributed by atoms with Crippen molar-refractivity contribution in [2.24, 2.45) is 0 Å². The molecule has 2 N–H and O–H groups in total. The zero-order valence-corrected chi connectivity index (χ0v) is 47.9. The number of aliphatic hydroxyl groups excluding tert-OH is 1. The minimum absolute atomic E-state index is 0.0574. The molecule has 3 atom stereocenters. The first kappa shape index (κ1) is 70.7. The molecule has 0 saturated carbocycles. The van der Waals surface area contributed by atoms with Gasteiger partial charge < -0.3 is 24.2 Å². The van der Waals surface area contributed by atoms with E-state index in [2.05, 4.69) is 81.5 Å². The smallest absolute Gasteiger partial charge is 0.462 e. The molecule has 0 fully saturated rings. The molecule has 0 rings (SSSR count). The van der Waals surface area contributed by atoms with E-state index in [1.54, 1.807) is 6.08 Å². The summed E-state index contributed by atoms with van der Waals surface area (Å²) in [4.78, 5) is 48.5. The molecule has 11 nitrogen and oxygen atoms in total. The second-order valence-electron chi connectivity index (χ2n) is 19.4. The molecule has 0 aromatic carbocycles. The molecule has 0 aliphatic rings. The number of phosphoric acid groups is 1. The predicted octanol–water partition coefficient (Wildman–Crippen LogP) is 17.5. The third-order valence-corrected chi connectivity index (χ3v) is 13.3. The van der Waals surface area contributed by atoms with E-state index in [0.717, 1.165) is 89.9 Å². The number of phosphoric ester groups is 1. The molecule has 0 amide bonds. The van der Waals surface area contributed by atoms with Crippen LogP contribution in [0.5, 0.6) is 0 Å². The molecule has 0 spiro atoms. The van der Waals surface area contributed by atoms with Crippen molar-refractivity contribution >= 4 is 25.7 Å². The largest absolute Gasteiger partial charge is 0.472 e. The highest BCUT2D eigenvalue weighted by Gasteiger charge is 2.28. The van der Waals surface area contributed by atoms with Gasteiger partial charge in [0.2, 0.25) is 0 Å². The van der Waals surface area contributed by atoms with Gasteiger partial charge in [-0.05, 0) is 77.0 Å². The fourth-order valence-corrected chi connectivity index (χ4v) is 8.66. The molecule has 0 aliphatic carbocycles. The van der Waals surface area contributed by atoms with Crippen LogP contribution in [0.2, 0.25) is 0 Å². The normalized spacial score (nSPS) is 14.0. The molecule has 12 heteroatoms. The maximum atomic E-state index is 12.9. The number of allylic oxidation sites excluding steroid dienone is 13. The van der Waals surface area contributed by atoms with E-state index in [1.165, 1.54) is 103 Å². The first-order chi connectivity index (χ1) is 36.2. The van der Waals surface area contributed by atoms with Crippen molar-refractivity contribution in [3.8, 4) is 0 Å². The molecule has 0 aliphatic heterocycles. The van der Waals surface area contributed by atoms with Crippen molar-refractivity contribution in [2.75, 3.05) is 26.4 Å². The molecular weight excluding hydrogens is 952 g/mol. The summed E-state index contributed by atoms with van der Waals surface area (Å²) in [5.74, 6) is -1.61. The lowest BCUT2D eigenvalue weighted by Crippen LogP contribution is -2.30. The van der Waals surface area contributed by atoms with E-state index in [9.17, 15) is 28.9 Å². The van der Waals surface area contributed by atoms with Gasteiger partial charge in [0.05, 0.1) is 26.2 Å². The number of rotatable bonds is 54. The molecule has 0 saturated heterocycles. The SMILES string of the molecule is CC/C=C\C/C=C\C/C=C\C/C=C\C/C=C\CC(=O)OC(CO)COP(=O)(O)OCC(COC(=O)CCCCCCC/C=C\C/C=C\CCCCC)OC(=O)CCCCCCCCCCCCCCCCCCC. The fourth-order valence-electron chi connectivity index (χ4n) is 7.87. The Morgan fingerprint density at radius 3 is 1.22 bits per heavy atom. The molecule has 0 heterocycles. The summed E-state index contributed by atoms with van der Waals surface area (Å²) in [7, 11) is -4.78. The lowest BCUT2D eigenvalue weighted by atomic mass is 10.0. The van der Waals surface area contributed by atoms with E-state index in [-0.39, 0.29) is 25.9 Å². The van der Waals surface area contributed by atoms with Gasteiger partial charge in [-0.3, -0.25) is 23.4 Å². The summed E-state index contributed by atoms with van der Waals surface area (Å²) in [6.45, 7) is 4.40. The van der Waals surface area contributed by atoms with E-state index >= 15 is 0 Å². The molecule has 74 heavy (non-hydrogen) atoms. The summed E-state index contributed by atoms with van der Waals surface area (Å²) in [6, 6.07) is 0. The number of carbonyl (C=O) groups is 3. The second-order valence-corrected chi connectivity index (χ2v) is 20.9. The lowest BCUT2D eigenvalue weighted by molar-refractivity contribution is -0.161. The minimum atomic E-state index is -4.78. The van der Waals surface area contributed by atoms with E-state index in [0.29, 0.717) is 19.3 Å². The van der Waals surface area contributed by atoms with Gasteiger partial charge in [0.1, 0.15) is 12.7 Å². The van der Waals surface area contributed by atoms with Crippen LogP contribution in [0.25, 0.3) is 0 Å². The Labute approximate surface area is 451 Å². The Hall–Kier alpha value is -3.34. The van der Waals surface area contributed by atoms with Gasteiger partial charge in [-0.15, -0.1) is 0 Å². The number of hydrogen-bond acceptors (Lipinski definition) is 10. The van der Waals surface area contributed by atoms with Gasteiger partial charge in [-0.1, -0.05) is 241 Å². The minimum Gasteiger partial charge on any atom is -0.462 e. The first-order valence-corrected chi connectivity index (χ1v) is 31.0. The van der Waals surface area contributed by atoms with E-state index in [4.69, 9.17) is 23.3 Å². The van der Waals surface area contributed by atoms with Crippen LogP contribution in [0.15, 0.2) is 85.1 Å². The monoisotopic (exact) mass is 1060 g/mol. The Morgan fingerprint density at radius 2 is 0.757 bits per heavy atom. The van der Waals surface area contributed by atoms with Gasteiger partial charge in [-0.2, -0.15) is 0 Å². The molecular formula is C62H107O11P. The van der Waals surface area contributed by atoms with E-state index < -0.39 is 57.8 Å². The quantitative estimate of drug-likeness (QED) is 0.0197. The molecule has 0 aromatic rings. The molecule has 0 radical (unpaired) electrons. The maximum absolute atomic E-state index is 12.9. The lowest BCUT2D eigenvalue weighted by Gasteiger charge is -2.21. The number of carbonyl (C=O) groups excluding carboxylic acids is 3. The molecule has 426 valence electrons. The summed E-state index contributed by atoms with van der Waals surface area (Å²) >= 11 is 0. The zero-order valence-electron chi connectivity index (χ0n) is 47.0. The van der Waals surface area contributed by atoms with Crippen molar-refractivity contribution in [1.82, 2.24) is 0 Å². The number of ether oxygens (including phenoxy) is 3. The van der Waals surface area contributed by atoms with Crippen LogP contribution in [0.3, 0.4) is 0 Å². The highest BCUT2D eigenvalue weighted by atomic mass is 31.2. The summed E-state index contributed by atoms with van der Waals surface area (Å²) in [5.41, 5.74) is 0. The van der Waals surface area contributed by atoms with Crippen molar-refractivity contribution in [3.63, 3.8) is 0 Å². The van der Waals surface area contributed by atoms with Gasteiger partial charge in [-0.25, -0.2) is 4.57 Å². The average Bonchev–Trinajstić information content (AvgIpc) is 3.39. The van der Waals surface area contributed by atoms with Crippen LogP contribution in [-0.4, -0.2) is 66.5 Å². The van der Waals surface area contributed by atoms with Gasteiger partial charge in [0.25, 0.3) is 0 Å². The highest BCUT2D eigenvalue weighted by molar-refractivity contribution is 7.47. The van der Waals surface area contributed by atoms with Crippen molar-refractivity contribution < 1.29 is 52.2 Å². The van der Waals surface area contributed by atoms with Gasteiger partial charge >= 0.3 is 25.7 Å². The number of unbranched alkanes of at least 4 members (excludes halogenated alkanes) is 24. The third kappa shape index (κ3) is 53.5. The van der Waals surface area contributed by atoms with Crippen LogP contribution in [-0.2, 0) is 42.2 Å². The number of esters is 3.